The Kier molecular flexibility index (Phi) is 5.29. The van der Waals surface area contributed by atoms with E-state index in [0.29, 0.717) is 49.7 Å². The summed E-state index contributed by atoms with van der Waals surface area (Å²) < 4.78 is 10.5. The zero-order chi connectivity index (χ0) is 21.3. The second-order valence-electron chi connectivity index (χ2n) is 7.89. The molecular weight excluding hydrogens is 388 g/mol. The number of aryl methyl sites for hydroxylation is 1. The van der Waals surface area contributed by atoms with Crippen LogP contribution in [0.5, 0.6) is 0 Å². The van der Waals surface area contributed by atoms with Gasteiger partial charge >= 0.3 is 5.97 Å². The Morgan fingerprint density at radius 2 is 1.93 bits per heavy atom. The molecule has 2 amide bonds. The minimum absolute atomic E-state index is 0.187. The van der Waals surface area contributed by atoms with Crippen molar-refractivity contribution >= 4 is 23.6 Å². The monoisotopic (exact) mass is 412 g/mol. The highest BCUT2D eigenvalue weighted by atomic mass is 16.6. The lowest BCUT2D eigenvalue weighted by molar-refractivity contribution is -0.153. The first-order valence-electron chi connectivity index (χ1n) is 9.90. The number of hydrogen-bond acceptors (Lipinski definition) is 7. The normalized spacial score (nSPS) is 21.7. The van der Waals surface area contributed by atoms with E-state index < -0.39 is 11.6 Å². The van der Waals surface area contributed by atoms with Crippen LogP contribution in [-0.4, -0.2) is 71.1 Å². The molecule has 1 fully saturated rings. The highest BCUT2D eigenvalue weighted by molar-refractivity contribution is 5.97. The molecule has 1 atom stereocenters. The zero-order valence-corrected chi connectivity index (χ0v) is 17.0. The first-order chi connectivity index (χ1) is 14.3. The number of nitrogens with zero attached hydrogens (tertiary/aromatic N) is 3. The molecule has 1 aromatic carbocycles. The number of anilines is 1. The number of esters is 1. The van der Waals surface area contributed by atoms with Crippen LogP contribution < -0.4 is 5.32 Å². The van der Waals surface area contributed by atoms with Crippen LogP contribution in [0.2, 0.25) is 0 Å². The number of piperazine rings is 1. The Labute approximate surface area is 173 Å². The van der Waals surface area contributed by atoms with Crippen LogP contribution in [0, 0.1) is 6.92 Å². The second-order valence-corrected chi connectivity index (χ2v) is 7.89. The molecule has 158 valence electrons. The number of carbonyl (C=O) groups is 3. The third-order valence-corrected chi connectivity index (χ3v) is 5.46. The smallest absolute Gasteiger partial charge is 0.339 e. The molecule has 0 radical (unpaired) electrons. The topological polar surface area (TPSA) is 105 Å². The van der Waals surface area contributed by atoms with E-state index in [4.69, 9.17) is 9.26 Å². The van der Waals surface area contributed by atoms with E-state index in [-0.39, 0.29) is 18.4 Å². The van der Waals surface area contributed by atoms with Crippen molar-refractivity contribution in [2.75, 3.05) is 38.0 Å². The van der Waals surface area contributed by atoms with Crippen LogP contribution in [0.1, 0.15) is 28.6 Å². The van der Waals surface area contributed by atoms with Crippen LogP contribution in [0.15, 0.2) is 34.9 Å². The van der Waals surface area contributed by atoms with Gasteiger partial charge in [-0.3, -0.25) is 14.5 Å². The zero-order valence-electron chi connectivity index (χ0n) is 17.0. The van der Waals surface area contributed by atoms with Crippen LogP contribution in [-0.2, 0) is 20.7 Å². The molecule has 1 saturated heterocycles. The molecule has 0 aliphatic carbocycles. The van der Waals surface area contributed by atoms with Gasteiger partial charge in [0.25, 0.3) is 5.91 Å². The summed E-state index contributed by atoms with van der Waals surface area (Å²) in [6, 6.07) is 8.86. The van der Waals surface area contributed by atoms with Gasteiger partial charge in [-0.05, 0) is 25.5 Å². The molecule has 1 N–H and O–H groups in total. The highest BCUT2D eigenvalue weighted by Gasteiger charge is 2.45. The molecule has 2 aliphatic rings. The number of ether oxygens (including phenoxy) is 1. The number of cyclic esters (lactones) is 1. The van der Waals surface area contributed by atoms with Crippen molar-refractivity contribution in [3.63, 3.8) is 0 Å². The highest BCUT2D eigenvalue weighted by Crippen LogP contribution is 2.30. The lowest BCUT2D eigenvalue weighted by Gasteiger charge is -2.40. The standard InChI is InChI=1S/C21H24N4O5/c1-14-11-17(23-30-14)22-18(26)13-24-7-9-25(10-8-24)20(28)21(2)12-15-5-3-4-6-16(15)19(27)29-21/h3-6,11H,7-10,12-13H2,1-2H3,(H,22,23,26)/t21-/m1/s1. The molecule has 2 aliphatic heterocycles. The van der Waals surface area contributed by atoms with E-state index in [1.54, 1.807) is 36.9 Å². The molecule has 4 rings (SSSR count). The molecule has 2 aromatic rings. The molecule has 1 aromatic heterocycles. The Bertz CT molecular complexity index is 979. The van der Waals surface area contributed by atoms with Gasteiger partial charge in [0, 0.05) is 38.7 Å². The van der Waals surface area contributed by atoms with Gasteiger partial charge in [-0.15, -0.1) is 0 Å². The Hall–Kier alpha value is -3.20. The van der Waals surface area contributed by atoms with Gasteiger partial charge in [0.1, 0.15) is 5.76 Å². The fraction of sp³-hybridized carbons (Fsp3) is 0.429. The van der Waals surface area contributed by atoms with Crippen LogP contribution in [0.4, 0.5) is 5.82 Å². The predicted molar refractivity (Wildman–Crippen MR) is 107 cm³/mol. The summed E-state index contributed by atoms with van der Waals surface area (Å²) in [6.45, 7) is 5.65. The number of nitrogens with one attached hydrogen (secondary N) is 1. The van der Waals surface area contributed by atoms with Crippen molar-refractivity contribution in [1.29, 1.82) is 0 Å². The van der Waals surface area contributed by atoms with E-state index in [2.05, 4.69) is 10.5 Å². The summed E-state index contributed by atoms with van der Waals surface area (Å²) in [5.74, 6) is 0.155. The van der Waals surface area contributed by atoms with Gasteiger partial charge < -0.3 is 19.5 Å². The summed E-state index contributed by atoms with van der Waals surface area (Å²) >= 11 is 0. The summed E-state index contributed by atoms with van der Waals surface area (Å²) in [6.07, 6.45) is 0.355. The molecule has 0 bridgehead atoms. The molecule has 0 spiro atoms. The van der Waals surface area contributed by atoms with Crippen molar-refractivity contribution in [3.8, 4) is 0 Å². The van der Waals surface area contributed by atoms with Crippen molar-refractivity contribution in [1.82, 2.24) is 15.0 Å². The maximum Gasteiger partial charge on any atom is 0.339 e. The molecule has 9 nitrogen and oxygen atoms in total. The minimum atomic E-state index is -1.21. The predicted octanol–water partition coefficient (Wildman–Crippen LogP) is 1.24. The number of rotatable bonds is 4. The minimum Gasteiger partial charge on any atom is -0.445 e. The largest absolute Gasteiger partial charge is 0.445 e. The second kappa shape index (κ2) is 7.91. The van der Waals surface area contributed by atoms with E-state index in [9.17, 15) is 14.4 Å². The fourth-order valence-electron chi connectivity index (χ4n) is 3.91. The van der Waals surface area contributed by atoms with Gasteiger partial charge in [-0.1, -0.05) is 23.4 Å². The maximum atomic E-state index is 13.1. The van der Waals surface area contributed by atoms with Gasteiger partial charge in [-0.25, -0.2) is 4.79 Å². The summed E-state index contributed by atoms with van der Waals surface area (Å²) in [4.78, 5) is 41.3. The Morgan fingerprint density at radius 1 is 1.20 bits per heavy atom. The molecular formula is C21H24N4O5. The van der Waals surface area contributed by atoms with E-state index in [1.807, 2.05) is 17.0 Å². The fourth-order valence-corrected chi connectivity index (χ4v) is 3.91. The van der Waals surface area contributed by atoms with Gasteiger partial charge in [-0.2, -0.15) is 0 Å². The molecule has 0 unspecified atom stereocenters. The molecule has 3 heterocycles. The van der Waals surface area contributed by atoms with Gasteiger partial charge in [0.2, 0.25) is 5.91 Å². The van der Waals surface area contributed by atoms with Crippen LogP contribution in [0.3, 0.4) is 0 Å². The summed E-state index contributed by atoms with van der Waals surface area (Å²) in [5, 5.41) is 6.44. The number of carbonyl (C=O) groups excluding carboxylic acids is 3. The molecule has 30 heavy (non-hydrogen) atoms. The number of aromatic nitrogens is 1. The average molecular weight is 412 g/mol. The van der Waals surface area contributed by atoms with E-state index in [1.165, 1.54) is 0 Å². The maximum absolute atomic E-state index is 13.1. The average Bonchev–Trinajstić information content (AvgIpc) is 3.12. The summed E-state index contributed by atoms with van der Waals surface area (Å²) in [5.41, 5.74) is 0.124. The summed E-state index contributed by atoms with van der Waals surface area (Å²) in [7, 11) is 0. The van der Waals surface area contributed by atoms with E-state index >= 15 is 0 Å². The SMILES string of the molecule is Cc1cc(NC(=O)CN2CCN(C(=O)[C@@]3(C)Cc4ccccc4C(=O)O3)CC2)no1. The first-order valence-corrected chi connectivity index (χ1v) is 9.90. The van der Waals surface area contributed by atoms with Gasteiger partial charge in [0.05, 0.1) is 12.1 Å². The van der Waals surface area contributed by atoms with Crippen LogP contribution in [0.25, 0.3) is 0 Å². The van der Waals surface area contributed by atoms with Crippen molar-refractivity contribution in [2.45, 2.75) is 25.9 Å². The Balaban J connectivity index is 1.32. The number of benzene rings is 1. The molecule has 9 heteroatoms. The lowest BCUT2D eigenvalue weighted by Crippen LogP contribution is -2.58. The van der Waals surface area contributed by atoms with Crippen LogP contribution >= 0.6 is 0 Å². The quantitative estimate of drug-likeness (QED) is 0.753. The molecule has 0 saturated carbocycles. The van der Waals surface area contributed by atoms with E-state index in [0.717, 1.165) is 5.56 Å². The third kappa shape index (κ3) is 4.06. The van der Waals surface area contributed by atoms with Crippen molar-refractivity contribution in [3.05, 3.63) is 47.2 Å². The van der Waals surface area contributed by atoms with Crippen molar-refractivity contribution in [2.24, 2.45) is 0 Å². The number of amides is 2. The lowest BCUT2D eigenvalue weighted by atomic mass is 9.88. The first kappa shape index (κ1) is 20.1. The number of hydrogen-bond donors (Lipinski definition) is 1. The number of fused-ring (bicyclic) bond motifs is 1. The van der Waals surface area contributed by atoms with Gasteiger partial charge in [0.15, 0.2) is 11.4 Å². The van der Waals surface area contributed by atoms with Crippen molar-refractivity contribution < 1.29 is 23.6 Å². The Morgan fingerprint density at radius 3 is 2.63 bits per heavy atom. The third-order valence-electron chi connectivity index (χ3n) is 5.46.